The third kappa shape index (κ3) is 5.17. The summed E-state index contributed by atoms with van der Waals surface area (Å²) in [7, 11) is 1.54. The molecule has 29 heavy (non-hydrogen) atoms. The second kappa shape index (κ2) is 9.60. The number of methoxy groups -OCH3 is 1. The molecule has 1 aliphatic heterocycles. The molecule has 0 atom stereocenters. The van der Waals surface area contributed by atoms with Crippen molar-refractivity contribution in [3.05, 3.63) is 58.9 Å². The summed E-state index contributed by atoms with van der Waals surface area (Å²) in [5.74, 6) is -0.271. The third-order valence-corrected chi connectivity index (χ3v) is 5.11. The van der Waals surface area contributed by atoms with Crippen molar-refractivity contribution in [1.82, 2.24) is 10.2 Å². The number of para-hydroxylation sites is 2. The lowest BCUT2D eigenvalue weighted by atomic mass is 10.0. The van der Waals surface area contributed by atoms with Crippen LogP contribution in [0.5, 0.6) is 11.5 Å². The molecule has 0 aromatic heterocycles. The van der Waals surface area contributed by atoms with Crippen LogP contribution in [-0.4, -0.2) is 49.6 Å². The van der Waals surface area contributed by atoms with Crippen LogP contribution in [0.2, 0.25) is 5.02 Å². The monoisotopic (exact) mass is 420 g/mol. The van der Waals surface area contributed by atoms with E-state index in [-0.39, 0.29) is 29.1 Å². The quantitative estimate of drug-likeness (QED) is 0.778. The molecule has 0 spiro atoms. The summed E-state index contributed by atoms with van der Waals surface area (Å²) in [6.45, 7) is 0.858. The van der Waals surface area contributed by atoms with E-state index in [1.165, 1.54) is 25.3 Å². The molecule has 0 bridgehead atoms. The van der Waals surface area contributed by atoms with E-state index in [0.717, 1.165) is 0 Å². The number of hydrogen-bond donors (Lipinski definition) is 1. The van der Waals surface area contributed by atoms with E-state index >= 15 is 0 Å². The first-order chi connectivity index (χ1) is 14.0. The summed E-state index contributed by atoms with van der Waals surface area (Å²) in [5, 5.41) is 2.87. The number of carbonyl (C=O) groups is 2. The molecule has 1 fully saturated rings. The van der Waals surface area contributed by atoms with Gasteiger partial charge < -0.3 is 19.7 Å². The van der Waals surface area contributed by atoms with Gasteiger partial charge in [0, 0.05) is 19.1 Å². The normalized spacial score (nSPS) is 14.4. The van der Waals surface area contributed by atoms with Gasteiger partial charge in [0.1, 0.15) is 5.82 Å². The average molecular weight is 421 g/mol. The highest BCUT2D eigenvalue weighted by Crippen LogP contribution is 2.26. The number of amides is 2. The predicted octanol–water partition coefficient (Wildman–Crippen LogP) is 3.29. The number of ether oxygens (including phenoxy) is 2. The number of benzene rings is 2. The Bertz CT molecular complexity index is 864. The molecule has 1 heterocycles. The Hall–Kier alpha value is -2.80. The van der Waals surface area contributed by atoms with Gasteiger partial charge in [-0.05, 0) is 37.1 Å². The first kappa shape index (κ1) is 20.9. The molecule has 1 aliphatic rings. The second-order valence-corrected chi connectivity index (χ2v) is 7.07. The number of nitrogens with zero attached hydrogens (tertiary/aromatic N) is 1. The molecule has 1 saturated heterocycles. The Balaban J connectivity index is 1.48. The van der Waals surface area contributed by atoms with Crippen molar-refractivity contribution in [1.29, 1.82) is 0 Å². The zero-order valence-corrected chi connectivity index (χ0v) is 16.7. The molecule has 1 N–H and O–H groups in total. The van der Waals surface area contributed by atoms with Crippen molar-refractivity contribution in [3.63, 3.8) is 0 Å². The van der Waals surface area contributed by atoms with Crippen molar-refractivity contribution in [2.24, 2.45) is 0 Å². The van der Waals surface area contributed by atoms with Gasteiger partial charge in [-0.15, -0.1) is 0 Å². The molecule has 2 aromatic carbocycles. The largest absolute Gasteiger partial charge is 0.493 e. The fraction of sp³-hybridized carbons (Fsp3) is 0.333. The van der Waals surface area contributed by atoms with E-state index in [4.69, 9.17) is 21.1 Å². The number of nitrogens with one attached hydrogen (secondary N) is 1. The highest BCUT2D eigenvalue weighted by atomic mass is 35.5. The lowest BCUT2D eigenvalue weighted by Crippen LogP contribution is -2.47. The van der Waals surface area contributed by atoms with Crippen LogP contribution in [-0.2, 0) is 4.79 Å². The Kier molecular flexibility index (Phi) is 6.93. The SMILES string of the molecule is COc1ccccc1OCC(=O)N1CCC(NC(=O)c2c(F)cccc2Cl)CC1. The van der Waals surface area contributed by atoms with Gasteiger partial charge in [0.25, 0.3) is 11.8 Å². The number of rotatable bonds is 6. The lowest BCUT2D eigenvalue weighted by molar-refractivity contribution is -0.134. The lowest BCUT2D eigenvalue weighted by Gasteiger charge is -2.32. The van der Waals surface area contributed by atoms with Gasteiger partial charge in [0.05, 0.1) is 17.7 Å². The number of piperidine rings is 1. The van der Waals surface area contributed by atoms with E-state index < -0.39 is 11.7 Å². The molecule has 0 aliphatic carbocycles. The Morgan fingerprint density at radius 1 is 1.14 bits per heavy atom. The van der Waals surface area contributed by atoms with Gasteiger partial charge in [-0.25, -0.2) is 4.39 Å². The molecule has 2 aromatic rings. The summed E-state index contributed by atoms with van der Waals surface area (Å²) >= 11 is 5.94. The maximum atomic E-state index is 13.9. The van der Waals surface area contributed by atoms with Crippen molar-refractivity contribution in [3.8, 4) is 11.5 Å². The first-order valence-corrected chi connectivity index (χ1v) is 9.66. The summed E-state index contributed by atoms with van der Waals surface area (Å²) < 4.78 is 24.7. The number of likely N-dealkylation sites (tertiary alicyclic amines) is 1. The van der Waals surface area contributed by atoms with Gasteiger partial charge in [-0.1, -0.05) is 29.8 Å². The summed E-state index contributed by atoms with van der Waals surface area (Å²) in [5.41, 5.74) is -0.155. The van der Waals surface area contributed by atoms with Crippen molar-refractivity contribution >= 4 is 23.4 Å². The van der Waals surface area contributed by atoms with Crippen LogP contribution >= 0.6 is 11.6 Å². The van der Waals surface area contributed by atoms with Crippen LogP contribution in [0, 0.1) is 5.82 Å². The van der Waals surface area contributed by atoms with E-state index in [2.05, 4.69) is 5.32 Å². The van der Waals surface area contributed by atoms with Crippen LogP contribution in [0.1, 0.15) is 23.2 Å². The molecular formula is C21H22ClFN2O4. The van der Waals surface area contributed by atoms with Crippen LogP contribution in [0.3, 0.4) is 0 Å². The van der Waals surface area contributed by atoms with Crippen molar-refractivity contribution in [2.75, 3.05) is 26.8 Å². The van der Waals surface area contributed by atoms with E-state index in [9.17, 15) is 14.0 Å². The number of halogens is 2. The molecule has 6 nitrogen and oxygen atoms in total. The number of hydrogen-bond acceptors (Lipinski definition) is 4. The fourth-order valence-electron chi connectivity index (χ4n) is 3.21. The summed E-state index contributed by atoms with van der Waals surface area (Å²) in [6.07, 6.45) is 1.14. The van der Waals surface area contributed by atoms with Crippen LogP contribution in [0.25, 0.3) is 0 Å². The third-order valence-electron chi connectivity index (χ3n) is 4.79. The molecule has 8 heteroatoms. The minimum atomic E-state index is -0.656. The fourth-order valence-corrected chi connectivity index (χ4v) is 3.46. The molecule has 2 amide bonds. The average Bonchev–Trinajstić information content (AvgIpc) is 2.72. The molecule has 0 saturated carbocycles. The zero-order valence-electron chi connectivity index (χ0n) is 16.0. The number of carbonyl (C=O) groups excluding carboxylic acids is 2. The van der Waals surface area contributed by atoms with Gasteiger partial charge in [0.15, 0.2) is 18.1 Å². The van der Waals surface area contributed by atoms with E-state index in [1.807, 2.05) is 6.07 Å². The van der Waals surface area contributed by atoms with Gasteiger partial charge >= 0.3 is 0 Å². The van der Waals surface area contributed by atoms with E-state index in [1.54, 1.807) is 23.1 Å². The van der Waals surface area contributed by atoms with Crippen molar-refractivity contribution in [2.45, 2.75) is 18.9 Å². The minimum absolute atomic E-state index is 0.0728. The second-order valence-electron chi connectivity index (χ2n) is 6.66. The van der Waals surface area contributed by atoms with Crippen LogP contribution in [0.15, 0.2) is 42.5 Å². The van der Waals surface area contributed by atoms with Crippen LogP contribution < -0.4 is 14.8 Å². The van der Waals surface area contributed by atoms with Gasteiger partial charge in [0.2, 0.25) is 0 Å². The smallest absolute Gasteiger partial charge is 0.260 e. The minimum Gasteiger partial charge on any atom is -0.493 e. The maximum absolute atomic E-state index is 13.9. The van der Waals surface area contributed by atoms with Crippen molar-refractivity contribution < 1.29 is 23.5 Å². The zero-order chi connectivity index (χ0) is 20.8. The van der Waals surface area contributed by atoms with E-state index in [0.29, 0.717) is 37.4 Å². The Morgan fingerprint density at radius 3 is 2.48 bits per heavy atom. The Labute approximate surface area is 173 Å². The molecule has 154 valence electrons. The molecule has 3 rings (SSSR count). The van der Waals surface area contributed by atoms with Gasteiger partial charge in [-0.2, -0.15) is 0 Å². The standard InChI is InChI=1S/C21H22ClFN2O4/c1-28-17-7-2-3-8-18(17)29-13-19(26)25-11-9-14(10-12-25)24-21(27)20-15(22)5-4-6-16(20)23/h2-8,14H,9-13H2,1H3,(H,24,27). The molecule has 0 radical (unpaired) electrons. The first-order valence-electron chi connectivity index (χ1n) is 9.28. The van der Waals surface area contributed by atoms with Gasteiger partial charge in [-0.3, -0.25) is 9.59 Å². The summed E-state index contributed by atoms with van der Waals surface area (Å²) in [6, 6.07) is 11.1. The summed E-state index contributed by atoms with van der Waals surface area (Å²) in [4.78, 5) is 26.4. The Morgan fingerprint density at radius 2 is 1.83 bits per heavy atom. The molecular weight excluding hydrogens is 399 g/mol. The van der Waals surface area contributed by atoms with Crippen LogP contribution in [0.4, 0.5) is 4.39 Å². The predicted molar refractivity (Wildman–Crippen MR) is 107 cm³/mol. The molecule has 0 unspecified atom stereocenters. The highest BCUT2D eigenvalue weighted by Gasteiger charge is 2.26. The topological polar surface area (TPSA) is 67.9 Å². The maximum Gasteiger partial charge on any atom is 0.260 e. The highest BCUT2D eigenvalue weighted by molar-refractivity contribution is 6.33.